The molecule has 0 fully saturated rings. The Kier molecular flexibility index (Phi) is 3.66. The van der Waals surface area contributed by atoms with Gasteiger partial charge >= 0.3 is 6.18 Å². The molecule has 0 aliphatic rings. The number of ketones is 1. The standard InChI is InChI=1S/C16H13F3O/c1-10-4-3-5-14(11(2)20)15(10)12-6-8-13(9-7-12)16(17,18)19/h3-9H,1-2H3. The topological polar surface area (TPSA) is 17.1 Å². The summed E-state index contributed by atoms with van der Waals surface area (Å²) in [5.74, 6) is -0.108. The minimum absolute atomic E-state index is 0.108. The molecule has 0 spiro atoms. The van der Waals surface area contributed by atoms with E-state index in [1.54, 1.807) is 12.1 Å². The number of alkyl halides is 3. The molecular weight excluding hydrogens is 265 g/mol. The first-order valence-electron chi connectivity index (χ1n) is 6.09. The average molecular weight is 278 g/mol. The number of hydrogen-bond acceptors (Lipinski definition) is 1. The quantitative estimate of drug-likeness (QED) is 0.715. The van der Waals surface area contributed by atoms with Crippen LogP contribution in [0, 0.1) is 6.92 Å². The van der Waals surface area contributed by atoms with Gasteiger partial charge in [-0.15, -0.1) is 0 Å². The molecule has 0 bridgehead atoms. The molecule has 0 N–H and O–H groups in total. The van der Waals surface area contributed by atoms with Crippen LogP contribution >= 0.6 is 0 Å². The van der Waals surface area contributed by atoms with Gasteiger partial charge in [-0.25, -0.2) is 0 Å². The SMILES string of the molecule is CC(=O)c1cccc(C)c1-c1ccc(C(F)(F)F)cc1. The van der Waals surface area contributed by atoms with Crippen molar-refractivity contribution in [3.05, 3.63) is 59.2 Å². The minimum Gasteiger partial charge on any atom is -0.294 e. The molecule has 104 valence electrons. The molecule has 0 aliphatic carbocycles. The van der Waals surface area contributed by atoms with Crippen molar-refractivity contribution in [1.82, 2.24) is 0 Å². The lowest BCUT2D eigenvalue weighted by molar-refractivity contribution is -0.137. The molecule has 0 amide bonds. The zero-order valence-corrected chi connectivity index (χ0v) is 11.1. The van der Waals surface area contributed by atoms with E-state index < -0.39 is 11.7 Å². The molecule has 0 saturated carbocycles. The molecule has 0 aliphatic heterocycles. The van der Waals surface area contributed by atoms with Crippen molar-refractivity contribution in [2.75, 3.05) is 0 Å². The van der Waals surface area contributed by atoms with E-state index in [1.807, 2.05) is 13.0 Å². The molecule has 0 atom stereocenters. The highest BCUT2D eigenvalue weighted by molar-refractivity contribution is 6.01. The third-order valence-electron chi connectivity index (χ3n) is 3.15. The van der Waals surface area contributed by atoms with Gasteiger partial charge < -0.3 is 0 Å². The van der Waals surface area contributed by atoms with Crippen LogP contribution in [-0.4, -0.2) is 5.78 Å². The number of carbonyl (C=O) groups is 1. The van der Waals surface area contributed by atoms with Crippen LogP contribution in [0.15, 0.2) is 42.5 Å². The van der Waals surface area contributed by atoms with Crippen LogP contribution in [0.25, 0.3) is 11.1 Å². The second kappa shape index (κ2) is 5.12. The Bertz CT molecular complexity index is 640. The summed E-state index contributed by atoms with van der Waals surface area (Å²) in [6, 6.07) is 10.1. The summed E-state index contributed by atoms with van der Waals surface area (Å²) in [5.41, 5.74) is 1.98. The first-order valence-corrected chi connectivity index (χ1v) is 6.09. The van der Waals surface area contributed by atoms with Crippen molar-refractivity contribution in [2.24, 2.45) is 0 Å². The maximum Gasteiger partial charge on any atom is 0.416 e. The molecule has 2 rings (SSSR count). The second-order valence-electron chi connectivity index (χ2n) is 4.63. The van der Waals surface area contributed by atoms with Gasteiger partial charge in [0.1, 0.15) is 0 Å². The van der Waals surface area contributed by atoms with Crippen LogP contribution < -0.4 is 0 Å². The van der Waals surface area contributed by atoms with E-state index in [-0.39, 0.29) is 5.78 Å². The van der Waals surface area contributed by atoms with Crippen molar-refractivity contribution in [3.8, 4) is 11.1 Å². The summed E-state index contributed by atoms with van der Waals surface area (Å²) >= 11 is 0. The fraction of sp³-hybridized carbons (Fsp3) is 0.188. The van der Waals surface area contributed by atoms with Crippen LogP contribution in [0.3, 0.4) is 0 Å². The summed E-state index contributed by atoms with van der Waals surface area (Å²) in [4.78, 5) is 11.6. The van der Waals surface area contributed by atoms with E-state index in [0.717, 1.165) is 17.7 Å². The number of rotatable bonds is 2. The maximum absolute atomic E-state index is 12.6. The molecule has 0 aromatic heterocycles. The number of carbonyl (C=O) groups excluding carboxylic acids is 1. The summed E-state index contributed by atoms with van der Waals surface area (Å²) in [6.07, 6.45) is -4.35. The van der Waals surface area contributed by atoms with Gasteiger partial charge in [0.15, 0.2) is 5.78 Å². The van der Waals surface area contributed by atoms with E-state index in [1.165, 1.54) is 19.1 Å². The Morgan fingerprint density at radius 2 is 1.60 bits per heavy atom. The number of halogens is 3. The van der Waals surface area contributed by atoms with Crippen molar-refractivity contribution < 1.29 is 18.0 Å². The highest BCUT2D eigenvalue weighted by atomic mass is 19.4. The summed E-state index contributed by atoms with van der Waals surface area (Å²) < 4.78 is 37.7. The van der Waals surface area contributed by atoms with Crippen LogP contribution in [0.1, 0.15) is 28.4 Å². The van der Waals surface area contributed by atoms with Crippen LogP contribution in [0.5, 0.6) is 0 Å². The van der Waals surface area contributed by atoms with Crippen molar-refractivity contribution in [1.29, 1.82) is 0 Å². The first kappa shape index (κ1) is 14.3. The van der Waals surface area contributed by atoms with Crippen LogP contribution in [0.4, 0.5) is 13.2 Å². The Morgan fingerprint density at radius 3 is 2.10 bits per heavy atom. The van der Waals surface area contributed by atoms with Gasteiger partial charge in [0.25, 0.3) is 0 Å². The Hall–Kier alpha value is -2.10. The second-order valence-corrected chi connectivity index (χ2v) is 4.63. The molecule has 0 unspecified atom stereocenters. The van der Waals surface area contributed by atoms with Gasteiger partial charge in [-0.3, -0.25) is 4.79 Å². The lowest BCUT2D eigenvalue weighted by atomic mass is 9.93. The zero-order valence-electron chi connectivity index (χ0n) is 11.1. The third kappa shape index (κ3) is 2.74. The van der Waals surface area contributed by atoms with Gasteiger partial charge in [0.05, 0.1) is 5.56 Å². The Balaban J connectivity index is 2.55. The molecule has 0 heterocycles. The fourth-order valence-corrected chi connectivity index (χ4v) is 2.17. The minimum atomic E-state index is -4.35. The van der Waals surface area contributed by atoms with Crippen LogP contribution in [-0.2, 0) is 6.18 Å². The smallest absolute Gasteiger partial charge is 0.294 e. The molecule has 2 aromatic carbocycles. The highest BCUT2D eigenvalue weighted by Crippen LogP contribution is 2.33. The van der Waals surface area contributed by atoms with E-state index in [0.29, 0.717) is 16.7 Å². The number of hydrogen-bond donors (Lipinski definition) is 0. The molecular formula is C16H13F3O. The van der Waals surface area contributed by atoms with Gasteiger partial charge in [-0.1, -0.05) is 30.3 Å². The van der Waals surface area contributed by atoms with Crippen molar-refractivity contribution in [3.63, 3.8) is 0 Å². The fourth-order valence-electron chi connectivity index (χ4n) is 2.17. The number of benzene rings is 2. The first-order chi connectivity index (χ1) is 9.30. The zero-order chi connectivity index (χ0) is 14.9. The highest BCUT2D eigenvalue weighted by Gasteiger charge is 2.30. The predicted molar refractivity (Wildman–Crippen MR) is 71.6 cm³/mol. The summed E-state index contributed by atoms with van der Waals surface area (Å²) in [7, 11) is 0. The predicted octanol–water partition coefficient (Wildman–Crippen LogP) is 4.88. The van der Waals surface area contributed by atoms with Gasteiger partial charge in [-0.05, 0) is 42.7 Å². The van der Waals surface area contributed by atoms with E-state index in [2.05, 4.69) is 0 Å². The van der Waals surface area contributed by atoms with Gasteiger partial charge in [-0.2, -0.15) is 13.2 Å². The molecule has 0 radical (unpaired) electrons. The van der Waals surface area contributed by atoms with E-state index >= 15 is 0 Å². The lowest BCUT2D eigenvalue weighted by Crippen LogP contribution is -2.04. The van der Waals surface area contributed by atoms with Gasteiger partial charge in [0.2, 0.25) is 0 Å². The van der Waals surface area contributed by atoms with Crippen molar-refractivity contribution >= 4 is 5.78 Å². The Labute approximate surface area is 115 Å². The molecule has 0 saturated heterocycles. The largest absolute Gasteiger partial charge is 0.416 e. The molecule has 1 nitrogen and oxygen atoms in total. The van der Waals surface area contributed by atoms with E-state index in [4.69, 9.17) is 0 Å². The molecule has 2 aromatic rings. The normalized spacial score (nSPS) is 11.4. The number of aryl methyl sites for hydroxylation is 1. The lowest BCUT2D eigenvalue weighted by Gasteiger charge is -2.12. The Morgan fingerprint density at radius 1 is 1.00 bits per heavy atom. The third-order valence-corrected chi connectivity index (χ3v) is 3.15. The van der Waals surface area contributed by atoms with Gasteiger partial charge in [0, 0.05) is 5.56 Å². The molecule has 20 heavy (non-hydrogen) atoms. The van der Waals surface area contributed by atoms with Crippen molar-refractivity contribution in [2.45, 2.75) is 20.0 Å². The molecule has 4 heteroatoms. The number of Topliss-reactive ketones (excluding diaryl/α,β-unsaturated/α-hetero) is 1. The average Bonchev–Trinajstić information content (AvgIpc) is 2.37. The monoisotopic (exact) mass is 278 g/mol. The summed E-state index contributed by atoms with van der Waals surface area (Å²) in [5, 5.41) is 0. The van der Waals surface area contributed by atoms with Crippen LogP contribution in [0.2, 0.25) is 0 Å². The van der Waals surface area contributed by atoms with E-state index in [9.17, 15) is 18.0 Å². The maximum atomic E-state index is 12.6. The summed E-state index contributed by atoms with van der Waals surface area (Å²) in [6.45, 7) is 3.28.